The van der Waals surface area contributed by atoms with Crippen LogP contribution in [0.15, 0.2) is 18.2 Å². The summed E-state index contributed by atoms with van der Waals surface area (Å²) >= 11 is 0. The van der Waals surface area contributed by atoms with E-state index in [4.69, 9.17) is 9.47 Å². The Kier molecular flexibility index (Phi) is 4.61. The minimum atomic E-state index is -0.450. The lowest BCUT2D eigenvalue weighted by Crippen LogP contribution is -2.34. The number of methoxy groups -OCH3 is 2. The first-order valence-electron chi connectivity index (χ1n) is 6.68. The SMILES string of the molecule is COC(=O)c1cc(CNC(=O)C2CCC2)ccc1OC. The third-order valence-corrected chi connectivity index (χ3v) is 3.61. The third-order valence-electron chi connectivity index (χ3n) is 3.61. The van der Waals surface area contributed by atoms with E-state index in [1.807, 2.05) is 6.07 Å². The maximum absolute atomic E-state index is 11.8. The van der Waals surface area contributed by atoms with Crippen molar-refractivity contribution in [3.63, 3.8) is 0 Å². The van der Waals surface area contributed by atoms with Gasteiger partial charge < -0.3 is 14.8 Å². The summed E-state index contributed by atoms with van der Waals surface area (Å²) in [5.74, 6) is 0.264. The summed E-state index contributed by atoms with van der Waals surface area (Å²) in [6.45, 7) is 0.406. The van der Waals surface area contributed by atoms with Crippen molar-refractivity contribution in [3.8, 4) is 5.75 Å². The van der Waals surface area contributed by atoms with Crippen molar-refractivity contribution in [2.45, 2.75) is 25.8 Å². The molecule has 0 heterocycles. The first-order valence-corrected chi connectivity index (χ1v) is 6.68. The van der Waals surface area contributed by atoms with Gasteiger partial charge in [0.1, 0.15) is 11.3 Å². The van der Waals surface area contributed by atoms with E-state index in [1.165, 1.54) is 14.2 Å². The summed E-state index contributed by atoms with van der Waals surface area (Å²) in [5.41, 5.74) is 1.21. The predicted molar refractivity (Wildman–Crippen MR) is 73.5 cm³/mol. The smallest absolute Gasteiger partial charge is 0.341 e. The second-order valence-corrected chi connectivity index (χ2v) is 4.87. The van der Waals surface area contributed by atoms with Crippen LogP contribution in [0.1, 0.15) is 35.2 Å². The molecule has 1 aromatic rings. The normalized spacial score (nSPS) is 14.3. The fourth-order valence-electron chi connectivity index (χ4n) is 2.14. The molecular weight excluding hydrogens is 258 g/mol. The van der Waals surface area contributed by atoms with Gasteiger partial charge in [0.2, 0.25) is 5.91 Å². The van der Waals surface area contributed by atoms with Gasteiger partial charge >= 0.3 is 5.97 Å². The van der Waals surface area contributed by atoms with Gasteiger partial charge in [-0.05, 0) is 30.5 Å². The average molecular weight is 277 g/mol. The van der Waals surface area contributed by atoms with E-state index in [0.717, 1.165) is 24.8 Å². The van der Waals surface area contributed by atoms with E-state index in [2.05, 4.69) is 5.32 Å². The van der Waals surface area contributed by atoms with E-state index < -0.39 is 5.97 Å². The van der Waals surface area contributed by atoms with E-state index in [1.54, 1.807) is 12.1 Å². The molecule has 1 aliphatic rings. The van der Waals surface area contributed by atoms with Crippen LogP contribution in [-0.4, -0.2) is 26.1 Å². The molecule has 0 aliphatic heterocycles. The topological polar surface area (TPSA) is 64.6 Å². The van der Waals surface area contributed by atoms with Crippen LogP contribution in [0, 0.1) is 5.92 Å². The highest BCUT2D eigenvalue weighted by Crippen LogP contribution is 2.26. The molecule has 0 unspecified atom stereocenters. The third kappa shape index (κ3) is 3.10. The van der Waals surface area contributed by atoms with Crippen molar-refractivity contribution in [1.82, 2.24) is 5.32 Å². The molecule has 5 heteroatoms. The Hall–Kier alpha value is -2.04. The minimum absolute atomic E-state index is 0.0895. The van der Waals surface area contributed by atoms with Crippen LogP contribution >= 0.6 is 0 Å². The lowest BCUT2D eigenvalue weighted by atomic mass is 9.85. The molecule has 0 radical (unpaired) electrons. The van der Waals surface area contributed by atoms with E-state index in [9.17, 15) is 9.59 Å². The summed E-state index contributed by atoms with van der Waals surface area (Å²) in [4.78, 5) is 23.4. The average Bonchev–Trinajstić information content (AvgIpc) is 2.42. The summed E-state index contributed by atoms with van der Waals surface area (Å²) in [5, 5.41) is 2.89. The van der Waals surface area contributed by atoms with Crippen LogP contribution in [0.25, 0.3) is 0 Å². The molecule has 0 bridgehead atoms. The maximum Gasteiger partial charge on any atom is 0.341 e. The molecule has 5 nitrogen and oxygen atoms in total. The van der Waals surface area contributed by atoms with E-state index in [-0.39, 0.29) is 11.8 Å². The Morgan fingerprint density at radius 1 is 1.30 bits per heavy atom. The van der Waals surface area contributed by atoms with Gasteiger partial charge in [-0.15, -0.1) is 0 Å². The van der Waals surface area contributed by atoms with Gasteiger partial charge in [0.15, 0.2) is 0 Å². The second kappa shape index (κ2) is 6.41. The highest BCUT2D eigenvalue weighted by Gasteiger charge is 2.24. The van der Waals surface area contributed by atoms with Crippen molar-refractivity contribution in [1.29, 1.82) is 0 Å². The number of esters is 1. The van der Waals surface area contributed by atoms with Crippen LogP contribution < -0.4 is 10.1 Å². The number of ether oxygens (including phenoxy) is 2. The van der Waals surface area contributed by atoms with Crippen LogP contribution in [0.2, 0.25) is 0 Å². The molecule has 108 valence electrons. The zero-order valence-electron chi connectivity index (χ0n) is 11.8. The Bertz CT molecular complexity index is 509. The van der Waals surface area contributed by atoms with Gasteiger partial charge in [-0.3, -0.25) is 4.79 Å². The highest BCUT2D eigenvalue weighted by atomic mass is 16.5. The molecule has 1 fully saturated rings. The van der Waals surface area contributed by atoms with Gasteiger partial charge in [-0.1, -0.05) is 12.5 Å². The zero-order chi connectivity index (χ0) is 14.5. The van der Waals surface area contributed by atoms with Crippen molar-refractivity contribution in [3.05, 3.63) is 29.3 Å². The van der Waals surface area contributed by atoms with Crippen LogP contribution in [0.4, 0.5) is 0 Å². The van der Waals surface area contributed by atoms with Crippen LogP contribution in [0.5, 0.6) is 5.75 Å². The standard InChI is InChI=1S/C15H19NO4/c1-19-13-7-6-10(8-12(13)15(18)20-2)9-16-14(17)11-4-3-5-11/h6-8,11H,3-5,9H2,1-2H3,(H,16,17). The fraction of sp³-hybridized carbons (Fsp3) is 0.467. The zero-order valence-corrected chi connectivity index (χ0v) is 11.8. The molecule has 0 atom stereocenters. The Labute approximate surface area is 118 Å². The molecule has 1 amide bonds. The summed E-state index contributed by atoms with van der Waals surface area (Å²) in [6.07, 6.45) is 3.08. The van der Waals surface area contributed by atoms with Crippen LogP contribution in [0.3, 0.4) is 0 Å². The maximum atomic E-state index is 11.8. The summed E-state index contributed by atoms with van der Waals surface area (Å²) in [7, 11) is 2.83. The molecule has 0 spiro atoms. The first kappa shape index (κ1) is 14.4. The number of carbonyl (C=O) groups excluding carboxylic acids is 2. The second-order valence-electron chi connectivity index (χ2n) is 4.87. The number of hydrogen-bond donors (Lipinski definition) is 1. The molecule has 1 aromatic carbocycles. The van der Waals surface area contributed by atoms with Crippen molar-refractivity contribution >= 4 is 11.9 Å². The van der Waals surface area contributed by atoms with E-state index >= 15 is 0 Å². The van der Waals surface area contributed by atoms with Gasteiger partial charge in [-0.2, -0.15) is 0 Å². The summed E-state index contributed by atoms with van der Waals surface area (Å²) in [6, 6.07) is 5.22. The first-order chi connectivity index (χ1) is 9.65. The molecule has 2 rings (SSSR count). The fourth-order valence-corrected chi connectivity index (χ4v) is 2.14. The monoisotopic (exact) mass is 277 g/mol. The van der Waals surface area contributed by atoms with Crippen molar-refractivity contribution in [2.75, 3.05) is 14.2 Å². The van der Waals surface area contributed by atoms with Gasteiger partial charge in [0.05, 0.1) is 14.2 Å². The Morgan fingerprint density at radius 3 is 2.60 bits per heavy atom. The van der Waals surface area contributed by atoms with E-state index in [0.29, 0.717) is 17.9 Å². The molecule has 0 aromatic heterocycles. The number of amides is 1. The molecular formula is C15H19NO4. The lowest BCUT2D eigenvalue weighted by Gasteiger charge is -2.24. The molecule has 1 aliphatic carbocycles. The van der Waals surface area contributed by atoms with Gasteiger partial charge in [0, 0.05) is 12.5 Å². The van der Waals surface area contributed by atoms with Gasteiger partial charge in [-0.25, -0.2) is 4.79 Å². The lowest BCUT2D eigenvalue weighted by molar-refractivity contribution is -0.127. The quantitative estimate of drug-likeness (QED) is 0.835. The number of hydrogen-bond acceptors (Lipinski definition) is 4. The Morgan fingerprint density at radius 2 is 2.05 bits per heavy atom. The molecule has 20 heavy (non-hydrogen) atoms. The number of rotatable bonds is 5. The van der Waals surface area contributed by atoms with Crippen molar-refractivity contribution < 1.29 is 19.1 Å². The largest absolute Gasteiger partial charge is 0.496 e. The molecule has 1 saturated carbocycles. The minimum Gasteiger partial charge on any atom is -0.496 e. The predicted octanol–water partition coefficient (Wildman–Crippen LogP) is 1.90. The highest BCUT2D eigenvalue weighted by molar-refractivity contribution is 5.92. The molecule has 1 N–H and O–H groups in total. The Balaban J connectivity index is 2.04. The summed E-state index contributed by atoms with van der Waals surface area (Å²) < 4.78 is 9.84. The van der Waals surface area contributed by atoms with Crippen LogP contribution in [-0.2, 0) is 16.1 Å². The van der Waals surface area contributed by atoms with Crippen molar-refractivity contribution in [2.24, 2.45) is 5.92 Å². The molecule has 0 saturated heterocycles. The number of nitrogens with one attached hydrogen (secondary N) is 1. The number of benzene rings is 1. The van der Waals surface area contributed by atoms with Gasteiger partial charge in [0.25, 0.3) is 0 Å². The number of carbonyl (C=O) groups is 2.